The molecule has 1 aliphatic heterocycles. The van der Waals surface area contributed by atoms with Gasteiger partial charge in [0.2, 0.25) is 0 Å². The van der Waals surface area contributed by atoms with Crippen LogP contribution < -0.4 is 0 Å². The van der Waals surface area contributed by atoms with Gasteiger partial charge in [-0.3, -0.25) is 14.5 Å². The summed E-state index contributed by atoms with van der Waals surface area (Å²) in [4.78, 5) is 26.6. The van der Waals surface area contributed by atoms with Crippen LogP contribution >= 0.6 is 0 Å². The van der Waals surface area contributed by atoms with Gasteiger partial charge in [-0.15, -0.1) is 9.00 Å². The zero-order valence-electron chi connectivity index (χ0n) is 17.4. The molecule has 0 saturated heterocycles. The number of phenols is 1. The lowest BCUT2D eigenvalue weighted by molar-refractivity contribution is 0.0595. The Hall–Kier alpha value is -3.70. The minimum Gasteiger partial charge on any atom is -0.505 e. The Bertz CT molecular complexity index is 1400. The van der Waals surface area contributed by atoms with Gasteiger partial charge in [0.15, 0.2) is 5.75 Å². The molecule has 2 amide bonds. The molecule has 0 unspecified atom stereocenters. The van der Waals surface area contributed by atoms with Crippen LogP contribution in [0.3, 0.4) is 0 Å². The molecule has 9 nitrogen and oxygen atoms in total. The normalized spacial score (nSPS) is 13.9. The molecule has 0 atom stereocenters. The van der Waals surface area contributed by atoms with E-state index in [0.717, 1.165) is 17.0 Å². The SMILES string of the molecule is COCCCN1C(=O)c2cccc3c(O)c(N=Nc4ccc(S(=O)(=O)F)cc4)cc(c23)C1=O. The van der Waals surface area contributed by atoms with Crippen molar-refractivity contribution < 1.29 is 31.7 Å². The number of ether oxygens (including phenoxy) is 1. The average molecular weight is 471 g/mol. The predicted molar refractivity (Wildman–Crippen MR) is 116 cm³/mol. The van der Waals surface area contributed by atoms with Gasteiger partial charge in [-0.1, -0.05) is 12.1 Å². The van der Waals surface area contributed by atoms with Gasteiger partial charge in [0.05, 0.1) is 16.1 Å². The van der Waals surface area contributed by atoms with E-state index in [9.17, 15) is 27.0 Å². The van der Waals surface area contributed by atoms with Crippen LogP contribution in [-0.4, -0.2) is 50.5 Å². The van der Waals surface area contributed by atoms with Gasteiger partial charge in [0.25, 0.3) is 11.8 Å². The van der Waals surface area contributed by atoms with Crippen LogP contribution in [0.1, 0.15) is 27.1 Å². The molecule has 0 aliphatic carbocycles. The number of hydrogen-bond donors (Lipinski definition) is 1. The summed E-state index contributed by atoms with van der Waals surface area (Å²) in [5, 5.41) is 19.3. The Morgan fingerprint density at radius 1 is 1.03 bits per heavy atom. The molecule has 33 heavy (non-hydrogen) atoms. The summed E-state index contributed by atoms with van der Waals surface area (Å²) in [5.74, 6) is -1.24. The molecule has 3 aromatic carbocycles. The minimum absolute atomic E-state index is 0.0172. The molecule has 1 N–H and O–H groups in total. The molecule has 1 heterocycles. The highest BCUT2D eigenvalue weighted by atomic mass is 32.3. The van der Waals surface area contributed by atoms with E-state index in [-0.39, 0.29) is 34.6 Å². The molecule has 1 aliphatic rings. The van der Waals surface area contributed by atoms with Crippen molar-refractivity contribution >= 4 is 44.2 Å². The van der Waals surface area contributed by atoms with E-state index in [2.05, 4.69) is 10.2 Å². The second-order valence-electron chi connectivity index (χ2n) is 7.26. The number of azo groups is 1. The quantitative estimate of drug-likeness (QED) is 0.238. The first kappa shape index (κ1) is 22.5. The number of rotatable bonds is 7. The van der Waals surface area contributed by atoms with Gasteiger partial charge in [-0.05, 0) is 42.8 Å². The molecular weight excluding hydrogens is 453 g/mol. The van der Waals surface area contributed by atoms with Gasteiger partial charge in [-0.25, -0.2) is 0 Å². The number of carbonyl (C=O) groups is 2. The van der Waals surface area contributed by atoms with E-state index < -0.39 is 26.9 Å². The summed E-state index contributed by atoms with van der Waals surface area (Å²) in [5.41, 5.74) is 0.674. The molecule has 0 aromatic heterocycles. The third-order valence-electron chi connectivity index (χ3n) is 5.19. The zero-order valence-corrected chi connectivity index (χ0v) is 18.2. The van der Waals surface area contributed by atoms with Crippen LogP contribution in [0.15, 0.2) is 63.7 Å². The van der Waals surface area contributed by atoms with Crippen molar-refractivity contribution in [2.24, 2.45) is 10.2 Å². The number of hydrogen-bond acceptors (Lipinski definition) is 8. The molecule has 4 rings (SSSR count). The number of aromatic hydroxyl groups is 1. The summed E-state index contributed by atoms with van der Waals surface area (Å²) in [6.45, 7) is 0.550. The van der Waals surface area contributed by atoms with Gasteiger partial charge >= 0.3 is 10.2 Å². The number of phenolic OH excluding ortho intramolecular Hbond substituents is 1. The molecule has 170 valence electrons. The molecule has 0 radical (unpaired) electrons. The molecule has 3 aromatic rings. The highest BCUT2D eigenvalue weighted by Gasteiger charge is 2.34. The molecule has 0 saturated carbocycles. The van der Waals surface area contributed by atoms with Crippen molar-refractivity contribution in [3.63, 3.8) is 0 Å². The van der Waals surface area contributed by atoms with Crippen LogP contribution in [0.2, 0.25) is 0 Å². The van der Waals surface area contributed by atoms with Crippen LogP contribution in [0.5, 0.6) is 5.75 Å². The molecule has 11 heteroatoms. The number of imide groups is 1. The van der Waals surface area contributed by atoms with Gasteiger partial charge in [0.1, 0.15) is 5.69 Å². The Balaban J connectivity index is 1.75. The largest absolute Gasteiger partial charge is 0.505 e. The van der Waals surface area contributed by atoms with Crippen molar-refractivity contribution in [3.8, 4) is 5.75 Å². The summed E-state index contributed by atoms with van der Waals surface area (Å²) < 4.78 is 39.9. The fourth-order valence-corrected chi connectivity index (χ4v) is 4.08. The topological polar surface area (TPSA) is 126 Å². The smallest absolute Gasteiger partial charge is 0.332 e. The number of carbonyl (C=O) groups excluding carboxylic acids is 2. The molecule has 0 fully saturated rings. The lowest BCUT2D eigenvalue weighted by Gasteiger charge is -2.27. The van der Waals surface area contributed by atoms with E-state index in [0.29, 0.717) is 24.0 Å². The fraction of sp³-hybridized carbons (Fsp3) is 0.182. The summed E-state index contributed by atoms with van der Waals surface area (Å²) >= 11 is 0. The third-order valence-corrected chi connectivity index (χ3v) is 6.02. The Kier molecular flexibility index (Phi) is 5.91. The molecular formula is C22H18FN3O6S. The Morgan fingerprint density at radius 3 is 2.39 bits per heavy atom. The molecule has 0 bridgehead atoms. The van der Waals surface area contributed by atoms with Crippen molar-refractivity contribution in [3.05, 3.63) is 59.7 Å². The first-order chi connectivity index (χ1) is 15.7. The van der Waals surface area contributed by atoms with E-state index in [1.807, 2.05) is 0 Å². The monoisotopic (exact) mass is 471 g/mol. The maximum Gasteiger partial charge on any atom is 0.332 e. The van der Waals surface area contributed by atoms with E-state index in [4.69, 9.17) is 4.74 Å². The van der Waals surface area contributed by atoms with Gasteiger partial charge in [-0.2, -0.15) is 13.5 Å². The van der Waals surface area contributed by atoms with Crippen LogP contribution in [0.4, 0.5) is 15.3 Å². The molecule has 0 spiro atoms. The maximum atomic E-state index is 13.1. The lowest BCUT2D eigenvalue weighted by Crippen LogP contribution is -2.41. The predicted octanol–water partition coefficient (Wildman–Crippen LogP) is 4.25. The number of halogens is 1. The van der Waals surface area contributed by atoms with E-state index >= 15 is 0 Å². The second kappa shape index (κ2) is 8.68. The van der Waals surface area contributed by atoms with Crippen LogP contribution in [0.25, 0.3) is 10.8 Å². The van der Waals surface area contributed by atoms with Crippen molar-refractivity contribution in [2.75, 3.05) is 20.3 Å². The van der Waals surface area contributed by atoms with E-state index in [1.54, 1.807) is 18.2 Å². The average Bonchev–Trinajstić information content (AvgIpc) is 2.79. The van der Waals surface area contributed by atoms with Crippen LogP contribution in [-0.2, 0) is 15.0 Å². The highest BCUT2D eigenvalue weighted by molar-refractivity contribution is 7.86. The van der Waals surface area contributed by atoms with Crippen molar-refractivity contribution in [1.82, 2.24) is 4.90 Å². The first-order valence-corrected chi connectivity index (χ1v) is 11.2. The minimum atomic E-state index is -4.84. The Labute approximate surface area is 188 Å². The number of amides is 2. The number of methoxy groups -OCH3 is 1. The summed E-state index contributed by atoms with van der Waals surface area (Å²) in [7, 11) is -3.31. The van der Waals surface area contributed by atoms with Gasteiger partial charge in [0, 0.05) is 36.6 Å². The zero-order chi connectivity index (χ0) is 23.8. The standard InChI is InChI=1S/C22H18FN3O6S/c1-32-11-3-10-26-21(28)16-5-2-4-15-19(16)17(22(26)29)12-18(20(15)27)25-24-13-6-8-14(9-7-13)33(23,30)31/h2,4-9,12,27H,3,10-11H2,1H3. The number of nitrogens with zero attached hydrogens (tertiary/aromatic N) is 3. The third kappa shape index (κ3) is 4.20. The number of benzene rings is 3. The highest BCUT2D eigenvalue weighted by Crippen LogP contribution is 2.41. The lowest BCUT2D eigenvalue weighted by atomic mass is 9.92. The Morgan fingerprint density at radius 2 is 1.73 bits per heavy atom. The summed E-state index contributed by atoms with van der Waals surface area (Å²) in [6, 6.07) is 10.7. The van der Waals surface area contributed by atoms with E-state index in [1.165, 1.54) is 25.3 Å². The summed E-state index contributed by atoms with van der Waals surface area (Å²) in [6.07, 6.45) is 0.467. The van der Waals surface area contributed by atoms with Crippen LogP contribution in [0, 0.1) is 0 Å². The maximum absolute atomic E-state index is 13.1. The second-order valence-corrected chi connectivity index (χ2v) is 8.61. The first-order valence-electron chi connectivity index (χ1n) is 9.82. The fourth-order valence-electron chi connectivity index (χ4n) is 3.62. The van der Waals surface area contributed by atoms with Crippen molar-refractivity contribution in [1.29, 1.82) is 0 Å². The van der Waals surface area contributed by atoms with Gasteiger partial charge < -0.3 is 9.84 Å². The van der Waals surface area contributed by atoms with Crippen molar-refractivity contribution in [2.45, 2.75) is 11.3 Å².